The molecule has 1 aliphatic rings. The van der Waals surface area contributed by atoms with Crippen molar-refractivity contribution < 1.29 is 19.1 Å². The third-order valence-corrected chi connectivity index (χ3v) is 2.54. The maximum atomic E-state index is 11.5. The molecule has 2 amide bonds. The van der Waals surface area contributed by atoms with Crippen LogP contribution in [-0.2, 0) is 19.1 Å². The maximum absolute atomic E-state index is 11.5. The Labute approximate surface area is 100 Å². The number of rotatable bonds is 5. The average molecular weight is 242 g/mol. The zero-order chi connectivity index (χ0) is 13.0. The minimum atomic E-state index is -0.661. The molecule has 1 fully saturated rings. The van der Waals surface area contributed by atoms with Crippen LogP contribution in [0.4, 0.5) is 0 Å². The number of methoxy groups -OCH3 is 1. The molecule has 0 spiro atoms. The number of ether oxygens (including phenoxy) is 1. The lowest BCUT2D eigenvalue weighted by Crippen LogP contribution is -2.50. The summed E-state index contributed by atoms with van der Waals surface area (Å²) < 4.78 is 4.64. The molecule has 1 heterocycles. The Hall–Kier alpha value is -1.43. The monoisotopic (exact) mass is 242 g/mol. The van der Waals surface area contributed by atoms with Gasteiger partial charge in [0.1, 0.15) is 6.04 Å². The molecule has 0 aromatic carbocycles. The molecule has 96 valence electrons. The zero-order valence-electron chi connectivity index (χ0n) is 10.4. The van der Waals surface area contributed by atoms with E-state index in [4.69, 9.17) is 0 Å². The van der Waals surface area contributed by atoms with Crippen molar-refractivity contribution in [3.63, 3.8) is 0 Å². The van der Waals surface area contributed by atoms with E-state index in [1.165, 1.54) is 7.11 Å². The second-order valence-electron chi connectivity index (χ2n) is 4.30. The summed E-state index contributed by atoms with van der Waals surface area (Å²) in [5.41, 5.74) is 0. The van der Waals surface area contributed by atoms with Crippen molar-refractivity contribution in [2.75, 3.05) is 13.7 Å². The maximum Gasteiger partial charge on any atom is 0.324 e. The van der Waals surface area contributed by atoms with Crippen molar-refractivity contribution in [1.82, 2.24) is 10.2 Å². The van der Waals surface area contributed by atoms with E-state index in [1.807, 2.05) is 13.8 Å². The quantitative estimate of drug-likeness (QED) is 0.528. The third-order valence-electron chi connectivity index (χ3n) is 2.54. The van der Waals surface area contributed by atoms with Crippen LogP contribution in [0, 0.1) is 0 Å². The number of imide groups is 1. The fraction of sp³-hybridized carbons (Fsp3) is 0.727. The molecule has 0 aromatic rings. The number of nitrogens with zero attached hydrogens (tertiary/aromatic N) is 1. The summed E-state index contributed by atoms with van der Waals surface area (Å²) >= 11 is 0. The number of carbonyl (C=O) groups is 3. The summed E-state index contributed by atoms with van der Waals surface area (Å²) in [7, 11) is 1.28. The number of esters is 1. The molecule has 0 radical (unpaired) electrons. The van der Waals surface area contributed by atoms with Crippen LogP contribution >= 0.6 is 0 Å². The van der Waals surface area contributed by atoms with Crippen molar-refractivity contribution in [2.45, 2.75) is 38.8 Å². The van der Waals surface area contributed by atoms with E-state index in [-0.39, 0.29) is 37.2 Å². The molecule has 0 saturated carbocycles. The van der Waals surface area contributed by atoms with E-state index >= 15 is 0 Å². The van der Waals surface area contributed by atoms with E-state index < -0.39 is 12.0 Å². The lowest BCUT2D eigenvalue weighted by atomic mass is 10.2. The molecule has 1 aliphatic heterocycles. The van der Waals surface area contributed by atoms with Gasteiger partial charge < -0.3 is 10.1 Å². The SMILES string of the molecule is COC(=O)C(CN1C(=O)CCC1=O)NC(C)C. The normalized spacial score (nSPS) is 17.8. The van der Waals surface area contributed by atoms with Crippen molar-refractivity contribution >= 4 is 17.8 Å². The van der Waals surface area contributed by atoms with Gasteiger partial charge in [-0.3, -0.25) is 19.3 Å². The molecule has 1 N–H and O–H groups in total. The summed E-state index contributed by atoms with van der Waals surface area (Å²) in [4.78, 5) is 35.5. The highest BCUT2D eigenvalue weighted by molar-refractivity contribution is 6.02. The molecule has 6 heteroatoms. The molecular weight excluding hydrogens is 224 g/mol. The van der Waals surface area contributed by atoms with Gasteiger partial charge in [-0.1, -0.05) is 13.8 Å². The molecule has 1 unspecified atom stereocenters. The topological polar surface area (TPSA) is 75.7 Å². The minimum absolute atomic E-state index is 0.0442. The van der Waals surface area contributed by atoms with E-state index in [9.17, 15) is 14.4 Å². The first kappa shape index (κ1) is 13.6. The summed E-state index contributed by atoms with van der Waals surface area (Å²) in [5, 5.41) is 2.98. The predicted molar refractivity (Wildman–Crippen MR) is 60.0 cm³/mol. The first-order valence-corrected chi connectivity index (χ1v) is 5.62. The summed E-state index contributed by atoms with van der Waals surface area (Å²) in [6.07, 6.45) is 0.461. The van der Waals surface area contributed by atoms with E-state index in [1.54, 1.807) is 0 Å². The number of hydrogen-bond donors (Lipinski definition) is 1. The Morgan fingerprint density at radius 3 is 2.29 bits per heavy atom. The van der Waals surface area contributed by atoms with Gasteiger partial charge >= 0.3 is 5.97 Å². The number of likely N-dealkylation sites (tertiary alicyclic amines) is 1. The van der Waals surface area contributed by atoms with Gasteiger partial charge in [0.25, 0.3) is 0 Å². The van der Waals surface area contributed by atoms with E-state index in [0.717, 1.165) is 4.90 Å². The third kappa shape index (κ3) is 3.52. The Kier molecular flexibility index (Phi) is 4.62. The molecule has 0 bridgehead atoms. The fourth-order valence-corrected chi connectivity index (χ4v) is 1.75. The number of hydrogen-bond acceptors (Lipinski definition) is 5. The van der Waals surface area contributed by atoms with Crippen LogP contribution in [0.5, 0.6) is 0 Å². The summed E-state index contributed by atoms with van der Waals surface area (Å²) in [6.45, 7) is 3.80. The number of nitrogens with one attached hydrogen (secondary N) is 1. The van der Waals surface area contributed by atoms with Gasteiger partial charge in [0.2, 0.25) is 11.8 Å². The van der Waals surface area contributed by atoms with E-state index in [2.05, 4.69) is 10.1 Å². The van der Waals surface area contributed by atoms with Gasteiger partial charge in [0.05, 0.1) is 13.7 Å². The van der Waals surface area contributed by atoms with Crippen LogP contribution in [-0.4, -0.2) is 48.4 Å². The lowest BCUT2D eigenvalue weighted by molar-refractivity contribution is -0.145. The van der Waals surface area contributed by atoms with Crippen LogP contribution in [0.15, 0.2) is 0 Å². The number of carbonyl (C=O) groups excluding carboxylic acids is 3. The van der Waals surface area contributed by atoms with Crippen molar-refractivity contribution in [2.24, 2.45) is 0 Å². The minimum Gasteiger partial charge on any atom is -0.468 e. The van der Waals surface area contributed by atoms with Crippen LogP contribution in [0.2, 0.25) is 0 Å². The smallest absolute Gasteiger partial charge is 0.324 e. The molecule has 0 aliphatic carbocycles. The van der Waals surface area contributed by atoms with Gasteiger partial charge in [-0.15, -0.1) is 0 Å². The summed E-state index contributed by atoms with van der Waals surface area (Å²) in [6, 6.07) is -0.599. The first-order valence-electron chi connectivity index (χ1n) is 5.62. The number of amides is 2. The van der Waals surface area contributed by atoms with Crippen LogP contribution in [0.25, 0.3) is 0 Å². The first-order chi connectivity index (χ1) is 7.95. The van der Waals surface area contributed by atoms with Crippen LogP contribution < -0.4 is 5.32 Å². The largest absolute Gasteiger partial charge is 0.468 e. The molecule has 0 aromatic heterocycles. The van der Waals surface area contributed by atoms with Gasteiger partial charge in [0.15, 0.2) is 0 Å². The Bertz CT molecular complexity index is 311. The van der Waals surface area contributed by atoms with Crippen LogP contribution in [0.3, 0.4) is 0 Å². The molecule has 1 atom stereocenters. The summed E-state index contributed by atoms with van der Waals surface area (Å²) in [5.74, 6) is -0.921. The lowest BCUT2D eigenvalue weighted by Gasteiger charge is -2.23. The van der Waals surface area contributed by atoms with Crippen molar-refractivity contribution in [3.05, 3.63) is 0 Å². The second-order valence-corrected chi connectivity index (χ2v) is 4.30. The van der Waals surface area contributed by atoms with Crippen molar-refractivity contribution in [3.8, 4) is 0 Å². The van der Waals surface area contributed by atoms with Gasteiger partial charge in [0, 0.05) is 18.9 Å². The molecular formula is C11H18N2O4. The van der Waals surface area contributed by atoms with E-state index in [0.29, 0.717) is 0 Å². The van der Waals surface area contributed by atoms with Gasteiger partial charge in [-0.05, 0) is 0 Å². The Morgan fingerprint density at radius 2 is 1.88 bits per heavy atom. The highest BCUT2D eigenvalue weighted by Gasteiger charge is 2.33. The molecule has 1 saturated heterocycles. The second kappa shape index (κ2) is 5.77. The van der Waals surface area contributed by atoms with Gasteiger partial charge in [-0.25, -0.2) is 0 Å². The molecule has 1 rings (SSSR count). The molecule has 6 nitrogen and oxygen atoms in total. The Balaban J connectivity index is 2.68. The predicted octanol–water partition coefficient (Wildman–Crippen LogP) is -0.325. The standard InChI is InChI=1S/C11H18N2O4/c1-7(2)12-8(11(16)17-3)6-13-9(14)4-5-10(13)15/h7-8,12H,4-6H2,1-3H3. The highest BCUT2D eigenvalue weighted by atomic mass is 16.5. The fourth-order valence-electron chi connectivity index (χ4n) is 1.75. The van der Waals surface area contributed by atoms with Crippen LogP contribution in [0.1, 0.15) is 26.7 Å². The average Bonchev–Trinajstić information content (AvgIpc) is 2.58. The van der Waals surface area contributed by atoms with Crippen molar-refractivity contribution in [1.29, 1.82) is 0 Å². The Morgan fingerprint density at radius 1 is 1.35 bits per heavy atom. The highest BCUT2D eigenvalue weighted by Crippen LogP contribution is 2.12. The zero-order valence-corrected chi connectivity index (χ0v) is 10.4. The van der Waals surface area contributed by atoms with Gasteiger partial charge in [-0.2, -0.15) is 0 Å². The molecule has 17 heavy (non-hydrogen) atoms.